The van der Waals surface area contributed by atoms with E-state index in [0.29, 0.717) is 0 Å². The number of hydrogen-bond acceptors (Lipinski definition) is 5. The molecule has 10 nitrogen and oxygen atoms in total. The predicted molar refractivity (Wildman–Crippen MR) is 120 cm³/mol. The largest absolute Gasteiger partial charge is 0.481 e. The van der Waals surface area contributed by atoms with Crippen LogP contribution in [0.2, 0.25) is 0 Å². The van der Waals surface area contributed by atoms with Gasteiger partial charge in [-0.25, -0.2) is 4.79 Å². The number of carboxylic acid groups (broad SMARTS) is 2. The summed E-state index contributed by atoms with van der Waals surface area (Å²) in [4.78, 5) is 60.6. The first-order valence-electron chi connectivity index (χ1n) is 10.8. The first kappa shape index (κ1) is 27.6. The molecular weight excluding hydrogens is 430 g/mol. The minimum atomic E-state index is -1.50. The van der Waals surface area contributed by atoms with Gasteiger partial charge in [0.2, 0.25) is 17.7 Å². The van der Waals surface area contributed by atoms with Crippen LogP contribution in [0.15, 0.2) is 30.3 Å². The fourth-order valence-electron chi connectivity index (χ4n) is 3.15. The van der Waals surface area contributed by atoms with Gasteiger partial charge in [0.05, 0.1) is 12.8 Å². The van der Waals surface area contributed by atoms with E-state index in [2.05, 4.69) is 16.0 Å². The Morgan fingerprint density at radius 2 is 1.39 bits per heavy atom. The van der Waals surface area contributed by atoms with Gasteiger partial charge in [-0.05, 0) is 23.8 Å². The third-order valence-corrected chi connectivity index (χ3v) is 4.81. The maximum atomic E-state index is 12.9. The molecule has 1 rings (SSSR count). The SMILES string of the molecule is CC(C)C[C@H](NC(=O)Cc1ccccc1)C(=O)N[C@@H](CC(=O)O)C(=O)N[C@H](C(=O)O)C(C)C. The molecule has 0 saturated heterocycles. The molecule has 3 atom stereocenters. The molecule has 0 fully saturated rings. The van der Waals surface area contributed by atoms with Crippen LogP contribution in [-0.2, 0) is 30.4 Å². The average Bonchev–Trinajstić information content (AvgIpc) is 2.70. The van der Waals surface area contributed by atoms with E-state index >= 15 is 0 Å². The van der Waals surface area contributed by atoms with Crippen LogP contribution in [0, 0.1) is 11.8 Å². The molecule has 1 aromatic carbocycles. The number of aliphatic carboxylic acids is 2. The zero-order valence-corrected chi connectivity index (χ0v) is 19.3. The molecule has 0 unspecified atom stereocenters. The van der Waals surface area contributed by atoms with Crippen LogP contribution < -0.4 is 16.0 Å². The van der Waals surface area contributed by atoms with Crippen molar-refractivity contribution in [1.29, 1.82) is 0 Å². The van der Waals surface area contributed by atoms with E-state index in [9.17, 15) is 34.2 Å². The number of carboxylic acids is 2. The van der Waals surface area contributed by atoms with Gasteiger partial charge in [0, 0.05) is 0 Å². The maximum Gasteiger partial charge on any atom is 0.326 e. The zero-order chi connectivity index (χ0) is 25.1. The Kier molecular flexibility index (Phi) is 11.0. The van der Waals surface area contributed by atoms with E-state index in [4.69, 9.17) is 0 Å². The lowest BCUT2D eigenvalue weighted by molar-refractivity contribution is -0.144. The van der Waals surface area contributed by atoms with Crippen molar-refractivity contribution >= 4 is 29.7 Å². The van der Waals surface area contributed by atoms with Crippen LogP contribution in [0.25, 0.3) is 0 Å². The van der Waals surface area contributed by atoms with E-state index in [1.807, 2.05) is 19.9 Å². The fourth-order valence-corrected chi connectivity index (χ4v) is 3.15. The molecule has 0 heterocycles. The third-order valence-electron chi connectivity index (χ3n) is 4.81. The highest BCUT2D eigenvalue weighted by molar-refractivity contribution is 5.95. The van der Waals surface area contributed by atoms with Crippen molar-refractivity contribution < 1.29 is 34.2 Å². The van der Waals surface area contributed by atoms with E-state index < -0.39 is 60.1 Å². The second-order valence-electron chi connectivity index (χ2n) is 8.64. The summed E-state index contributed by atoms with van der Waals surface area (Å²) in [5.74, 6) is -5.11. The minimum Gasteiger partial charge on any atom is -0.481 e. The third kappa shape index (κ3) is 10.2. The summed E-state index contributed by atoms with van der Waals surface area (Å²) in [6, 6.07) is 5.20. The van der Waals surface area contributed by atoms with E-state index in [1.165, 1.54) is 0 Å². The normalized spacial score (nSPS) is 13.6. The lowest BCUT2D eigenvalue weighted by atomic mass is 10.0. The smallest absolute Gasteiger partial charge is 0.326 e. The number of benzene rings is 1. The van der Waals surface area contributed by atoms with Gasteiger partial charge in [0.1, 0.15) is 18.1 Å². The van der Waals surface area contributed by atoms with E-state index in [1.54, 1.807) is 38.1 Å². The van der Waals surface area contributed by atoms with Crippen molar-refractivity contribution in [2.24, 2.45) is 11.8 Å². The highest BCUT2D eigenvalue weighted by atomic mass is 16.4. The van der Waals surface area contributed by atoms with Gasteiger partial charge in [0.25, 0.3) is 0 Å². The van der Waals surface area contributed by atoms with Crippen molar-refractivity contribution in [3.63, 3.8) is 0 Å². The number of carbonyl (C=O) groups is 5. The van der Waals surface area contributed by atoms with Crippen LogP contribution in [0.4, 0.5) is 0 Å². The Morgan fingerprint density at radius 3 is 1.88 bits per heavy atom. The standard InChI is InChI=1S/C23H33N3O7/c1-13(2)10-16(24-18(27)11-15-8-6-5-7-9-15)21(30)25-17(12-19(28)29)22(31)26-20(14(3)4)23(32)33/h5-9,13-14,16-17,20H,10-12H2,1-4H3,(H,24,27)(H,25,30)(H,26,31)(H,28,29)(H,32,33)/t16-,17-,20-/m0/s1. The van der Waals surface area contributed by atoms with E-state index in [-0.39, 0.29) is 18.8 Å². The molecule has 0 spiro atoms. The van der Waals surface area contributed by atoms with Crippen LogP contribution in [0.3, 0.4) is 0 Å². The molecule has 10 heteroatoms. The summed E-state index contributed by atoms with van der Waals surface area (Å²) in [6.07, 6.45) is -0.428. The molecule has 33 heavy (non-hydrogen) atoms. The summed E-state index contributed by atoms with van der Waals surface area (Å²) in [5, 5.41) is 25.7. The summed E-state index contributed by atoms with van der Waals surface area (Å²) in [6.45, 7) is 6.88. The van der Waals surface area contributed by atoms with Gasteiger partial charge in [0.15, 0.2) is 0 Å². The second-order valence-corrected chi connectivity index (χ2v) is 8.64. The van der Waals surface area contributed by atoms with Crippen molar-refractivity contribution in [2.45, 2.75) is 65.1 Å². The topological polar surface area (TPSA) is 162 Å². The van der Waals surface area contributed by atoms with Crippen LogP contribution in [0.5, 0.6) is 0 Å². The lowest BCUT2D eigenvalue weighted by Crippen LogP contribution is -2.57. The van der Waals surface area contributed by atoms with Crippen molar-refractivity contribution in [3.8, 4) is 0 Å². The highest BCUT2D eigenvalue weighted by Crippen LogP contribution is 2.09. The summed E-state index contributed by atoms with van der Waals surface area (Å²) >= 11 is 0. The van der Waals surface area contributed by atoms with Gasteiger partial charge in [-0.3, -0.25) is 19.2 Å². The molecule has 0 aliphatic carbocycles. The Balaban J connectivity index is 2.95. The number of carbonyl (C=O) groups excluding carboxylic acids is 3. The molecule has 0 aromatic heterocycles. The van der Waals surface area contributed by atoms with Gasteiger partial charge >= 0.3 is 11.9 Å². The average molecular weight is 464 g/mol. The Bertz CT molecular complexity index is 840. The first-order chi connectivity index (χ1) is 15.4. The van der Waals surface area contributed by atoms with Crippen LogP contribution >= 0.6 is 0 Å². The molecule has 0 bridgehead atoms. The highest BCUT2D eigenvalue weighted by Gasteiger charge is 2.32. The Hall–Kier alpha value is -3.43. The number of rotatable bonds is 13. The quantitative estimate of drug-likeness (QED) is 0.291. The number of nitrogens with one attached hydrogen (secondary N) is 3. The van der Waals surface area contributed by atoms with Crippen LogP contribution in [0.1, 0.15) is 46.1 Å². The zero-order valence-electron chi connectivity index (χ0n) is 19.3. The minimum absolute atomic E-state index is 0.0156. The molecule has 0 saturated carbocycles. The number of hydrogen-bond donors (Lipinski definition) is 5. The van der Waals surface area contributed by atoms with Gasteiger partial charge in [-0.2, -0.15) is 0 Å². The molecule has 3 amide bonds. The maximum absolute atomic E-state index is 12.9. The molecule has 5 N–H and O–H groups in total. The van der Waals surface area contributed by atoms with Gasteiger partial charge in [-0.1, -0.05) is 58.0 Å². The summed E-state index contributed by atoms with van der Waals surface area (Å²) in [7, 11) is 0. The van der Waals surface area contributed by atoms with Crippen molar-refractivity contribution in [1.82, 2.24) is 16.0 Å². The predicted octanol–water partition coefficient (Wildman–Crippen LogP) is 0.945. The monoisotopic (exact) mass is 463 g/mol. The molecule has 0 radical (unpaired) electrons. The van der Waals surface area contributed by atoms with Crippen molar-refractivity contribution in [2.75, 3.05) is 0 Å². The summed E-state index contributed by atoms with van der Waals surface area (Å²) < 4.78 is 0. The van der Waals surface area contributed by atoms with Crippen LogP contribution in [-0.4, -0.2) is 58.0 Å². The molecular formula is C23H33N3O7. The molecule has 182 valence electrons. The number of amides is 3. The fraction of sp³-hybridized carbons (Fsp3) is 0.522. The Labute approximate surface area is 193 Å². The second kappa shape index (κ2) is 13.2. The Morgan fingerprint density at radius 1 is 0.818 bits per heavy atom. The molecule has 0 aliphatic heterocycles. The van der Waals surface area contributed by atoms with Gasteiger partial charge < -0.3 is 26.2 Å². The van der Waals surface area contributed by atoms with E-state index in [0.717, 1.165) is 5.56 Å². The lowest BCUT2D eigenvalue weighted by Gasteiger charge is -2.25. The summed E-state index contributed by atoms with van der Waals surface area (Å²) in [5.41, 5.74) is 0.759. The molecule has 0 aliphatic rings. The van der Waals surface area contributed by atoms with Crippen molar-refractivity contribution in [3.05, 3.63) is 35.9 Å². The first-order valence-corrected chi connectivity index (χ1v) is 10.8. The molecule has 1 aromatic rings. The van der Waals surface area contributed by atoms with Gasteiger partial charge in [-0.15, -0.1) is 0 Å².